The number of nitrogens with zero attached hydrogens (tertiary/aromatic N) is 1. The van der Waals surface area contributed by atoms with Gasteiger partial charge in [-0.2, -0.15) is 0 Å². The molecule has 1 rings (SSSR count). The predicted octanol–water partition coefficient (Wildman–Crippen LogP) is 1.43. The highest BCUT2D eigenvalue weighted by molar-refractivity contribution is 5.94. The van der Waals surface area contributed by atoms with Gasteiger partial charge in [0.05, 0.1) is 0 Å². The number of alkyl halides is 2. The highest BCUT2D eigenvalue weighted by Crippen LogP contribution is 2.18. The molecule has 0 saturated carbocycles. The minimum absolute atomic E-state index is 0.0882. The van der Waals surface area contributed by atoms with Gasteiger partial charge in [-0.3, -0.25) is 9.78 Å². The molecule has 0 unspecified atom stereocenters. The van der Waals surface area contributed by atoms with Crippen LogP contribution < -0.4 is 5.73 Å². The molecular weight excluding hydrogens is 178 g/mol. The van der Waals surface area contributed by atoms with E-state index in [4.69, 9.17) is 5.73 Å². The average Bonchev–Trinajstić information content (AvgIpc) is 2.04. The molecule has 1 heterocycles. The van der Waals surface area contributed by atoms with Gasteiger partial charge in [0.15, 0.2) is 0 Å². The molecule has 2 N–H and O–H groups in total. The van der Waals surface area contributed by atoms with Gasteiger partial charge in [-0.25, -0.2) is 8.78 Å². The molecule has 3 nitrogen and oxygen atoms in total. The smallest absolute Gasteiger partial charge is 0.280 e. The lowest BCUT2D eigenvalue weighted by Crippen LogP contribution is -2.13. The number of primary amides is 1. The van der Waals surface area contributed by atoms with E-state index in [0.717, 1.165) is 6.07 Å². The summed E-state index contributed by atoms with van der Waals surface area (Å²) in [5.41, 5.74) is 5.13. The fraction of sp³-hybridized carbons (Fsp3) is 0.250. The summed E-state index contributed by atoms with van der Waals surface area (Å²) >= 11 is 0. The van der Waals surface area contributed by atoms with E-state index in [1.165, 1.54) is 6.20 Å². The van der Waals surface area contributed by atoms with Gasteiger partial charge in [0.2, 0.25) is 5.91 Å². The Morgan fingerprint density at radius 1 is 1.62 bits per heavy atom. The van der Waals surface area contributed by atoms with Crippen molar-refractivity contribution in [1.29, 1.82) is 0 Å². The number of pyridine rings is 1. The zero-order chi connectivity index (χ0) is 10.0. The minimum atomic E-state index is -2.68. The van der Waals surface area contributed by atoms with Crippen molar-refractivity contribution >= 4 is 5.91 Å². The Balaban J connectivity index is 3.19. The van der Waals surface area contributed by atoms with Crippen molar-refractivity contribution in [3.8, 4) is 0 Å². The molecule has 0 aliphatic rings. The van der Waals surface area contributed by atoms with Crippen LogP contribution >= 0.6 is 0 Å². The van der Waals surface area contributed by atoms with Crippen LogP contribution in [0.25, 0.3) is 0 Å². The van der Waals surface area contributed by atoms with Crippen molar-refractivity contribution < 1.29 is 13.6 Å². The Bertz CT molecular complexity index is 339. The summed E-state index contributed by atoms with van der Waals surface area (Å²) in [6.45, 7) is 1.59. The Morgan fingerprint density at radius 2 is 2.23 bits per heavy atom. The number of carbonyl (C=O) groups excluding carboxylic acids is 1. The third kappa shape index (κ3) is 1.99. The Hall–Kier alpha value is -1.52. The van der Waals surface area contributed by atoms with Gasteiger partial charge in [0.1, 0.15) is 5.69 Å². The number of carbonyl (C=O) groups is 1. The van der Waals surface area contributed by atoms with Crippen molar-refractivity contribution in [2.45, 2.75) is 13.3 Å². The molecule has 1 aromatic heterocycles. The molecule has 1 amide bonds. The first-order valence-corrected chi connectivity index (χ1v) is 3.57. The minimum Gasteiger partial charge on any atom is -0.366 e. The maximum absolute atomic E-state index is 12.1. The molecule has 0 radical (unpaired) electrons. The van der Waals surface area contributed by atoms with Gasteiger partial charge < -0.3 is 5.73 Å². The summed E-state index contributed by atoms with van der Waals surface area (Å²) in [4.78, 5) is 14.2. The monoisotopic (exact) mass is 186 g/mol. The Morgan fingerprint density at radius 3 is 2.69 bits per heavy atom. The third-order valence-corrected chi connectivity index (χ3v) is 1.61. The predicted molar refractivity (Wildman–Crippen MR) is 42.4 cm³/mol. The molecule has 0 fully saturated rings. The van der Waals surface area contributed by atoms with Gasteiger partial charge >= 0.3 is 0 Å². The van der Waals surface area contributed by atoms with Crippen LogP contribution in [0.4, 0.5) is 8.78 Å². The molecule has 0 aliphatic carbocycles. The molecule has 0 bridgehead atoms. The SMILES string of the molecule is Cc1cnc(C(F)F)cc1C(N)=O. The van der Waals surface area contributed by atoms with Crippen LogP contribution in [-0.2, 0) is 0 Å². The number of aryl methyl sites for hydroxylation is 1. The first kappa shape index (κ1) is 9.57. The van der Waals surface area contributed by atoms with E-state index in [1.54, 1.807) is 6.92 Å². The summed E-state index contributed by atoms with van der Waals surface area (Å²) in [7, 11) is 0. The van der Waals surface area contributed by atoms with Crippen LogP contribution in [0.15, 0.2) is 12.3 Å². The lowest BCUT2D eigenvalue weighted by Gasteiger charge is -2.03. The first-order chi connectivity index (χ1) is 6.02. The topological polar surface area (TPSA) is 56.0 Å². The van der Waals surface area contributed by atoms with Gasteiger partial charge in [0.25, 0.3) is 6.43 Å². The molecule has 1 aromatic rings. The van der Waals surface area contributed by atoms with Gasteiger partial charge in [-0.1, -0.05) is 0 Å². The molecule has 0 saturated heterocycles. The molecule has 0 atom stereocenters. The molecule has 0 aliphatic heterocycles. The maximum Gasteiger partial charge on any atom is 0.280 e. The molecule has 0 spiro atoms. The summed E-state index contributed by atoms with van der Waals surface area (Å²) in [5, 5.41) is 0. The van der Waals surface area contributed by atoms with Crippen molar-refractivity contribution in [3.63, 3.8) is 0 Å². The second-order valence-corrected chi connectivity index (χ2v) is 2.59. The second-order valence-electron chi connectivity index (χ2n) is 2.59. The lowest BCUT2D eigenvalue weighted by molar-refractivity contribution is 0.0999. The van der Waals surface area contributed by atoms with Crippen molar-refractivity contribution in [3.05, 3.63) is 29.1 Å². The number of rotatable bonds is 2. The van der Waals surface area contributed by atoms with E-state index < -0.39 is 18.0 Å². The zero-order valence-corrected chi connectivity index (χ0v) is 6.92. The number of amides is 1. The fourth-order valence-corrected chi connectivity index (χ4v) is 0.925. The van der Waals surface area contributed by atoms with Crippen LogP contribution in [0.5, 0.6) is 0 Å². The highest BCUT2D eigenvalue weighted by atomic mass is 19.3. The van der Waals surface area contributed by atoms with Crippen molar-refractivity contribution in [2.75, 3.05) is 0 Å². The van der Waals surface area contributed by atoms with Crippen LogP contribution in [0.3, 0.4) is 0 Å². The van der Waals surface area contributed by atoms with E-state index >= 15 is 0 Å². The van der Waals surface area contributed by atoms with Crippen molar-refractivity contribution in [1.82, 2.24) is 4.98 Å². The lowest BCUT2D eigenvalue weighted by atomic mass is 10.1. The van der Waals surface area contributed by atoms with E-state index in [9.17, 15) is 13.6 Å². The summed E-state index contributed by atoms with van der Waals surface area (Å²) in [5.74, 6) is -0.721. The molecule has 0 aromatic carbocycles. The molecule has 70 valence electrons. The standard InChI is InChI=1S/C8H8F2N2O/c1-4-3-12-6(7(9)10)2-5(4)8(11)13/h2-3,7H,1H3,(H2,11,13). The third-order valence-electron chi connectivity index (χ3n) is 1.61. The first-order valence-electron chi connectivity index (χ1n) is 3.57. The number of aromatic nitrogens is 1. The Labute approximate surface area is 73.6 Å². The highest BCUT2D eigenvalue weighted by Gasteiger charge is 2.13. The summed E-state index contributed by atoms with van der Waals surface area (Å²) in [6.07, 6.45) is -1.47. The fourth-order valence-electron chi connectivity index (χ4n) is 0.925. The molecule has 13 heavy (non-hydrogen) atoms. The van der Waals surface area contributed by atoms with Crippen LogP contribution in [0.1, 0.15) is 28.0 Å². The van der Waals surface area contributed by atoms with E-state index in [2.05, 4.69) is 4.98 Å². The number of hydrogen-bond donors (Lipinski definition) is 1. The van der Waals surface area contributed by atoms with Crippen LogP contribution in [0.2, 0.25) is 0 Å². The maximum atomic E-state index is 12.1. The van der Waals surface area contributed by atoms with E-state index in [-0.39, 0.29) is 5.56 Å². The van der Waals surface area contributed by atoms with Crippen LogP contribution in [0, 0.1) is 6.92 Å². The van der Waals surface area contributed by atoms with Gasteiger partial charge in [-0.15, -0.1) is 0 Å². The Kier molecular flexibility index (Phi) is 2.55. The molecule has 5 heteroatoms. The van der Waals surface area contributed by atoms with Crippen molar-refractivity contribution in [2.24, 2.45) is 5.73 Å². The van der Waals surface area contributed by atoms with E-state index in [1.807, 2.05) is 0 Å². The largest absolute Gasteiger partial charge is 0.366 e. The van der Waals surface area contributed by atoms with E-state index in [0.29, 0.717) is 5.56 Å². The number of halogens is 2. The second kappa shape index (κ2) is 3.47. The zero-order valence-electron chi connectivity index (χ0n) is 6.92. The summed E-state index contributed by atoms with van der Waals surface area (Å²) in [6, 6.07) is 1.02. The molecular formula is C8H8F2N2O. The van der Waals surface area contributed by atoms with Gasteiger partial charge in [-0.05, 0) is 18.6 Å². The number of hydrogen-bond acceptors (Lipinski definition) is 2. The summed E-state index contributed by atoms with van der Waals surface area (Å²) < 4.78 is 24.3. The van der Waals surface area contributed by atoms with Crippen LogP contribution in [-0.4, -0.2) is 10.9 Å². The normalized spacial score (nSPS) is 10.5. The quantitative estimate of drug-likeness (QED) is 0.759. The van der Waals surface area contributed by atoms with Gasteiger partial charge in [0, 0.05) is 11.8 Å². The number of nitrogens with two attached hydrogens (primary N) is 1. The average molecular weight is 186 g/mol.